The van der Waals surface area contributed by atoms with E-state index in [1.54, 1.807) is 6.07 Å². The number of halogens is 1. The van der Waals surface area contributed by atoms with E-state index in [4.69, 9.17) is 0 Å². The fraction of sp³-hybridized carbons (Fsp3) is 0.684. The van der Waals surface area contributed by atoms with Gasteiger partial charge in [0, 0.05) is 12.1 Å². The molecule has 2 unspecified atom stereocenters. The van der Waals surface area contributed by atoms with Crippen molar-refractivity contribution < 1.29 is 4.39 Å². The highest BCUT2D eigenvalue weighted by Gasteiger charge is 2.59. The monoisotopic (exact) mass is 287 g/mol. The minimum Gasteiger partial charge on any atom is -0.307 e. The Balaban J connectivity index is 1.54. The zero-order valence-electron chi connectivity index (χ0n) is 13.2. The van der Waals surface area contributed by atoms with Gasteiger partial charge in [-0.25, -0.2) is 4.39 Å². The molecule has 4 saturated carbocycles. The lowest BCUT2D eigenvalue weighted by molar-refractivity contribution is -0.118. The summed E-state index contributed by atoms with van der Waals surface area (Å²) in [7, 11) is 0. The Labute approximate surface area is 127 Å². The van der Waals surface area contributed by atoms with Crippen molar-refractivity contribution in [2.45, 2.75) is 64.5 Å². The number of hydrogen-bond donors (Lipinski definition) is 1. The summed E-state index contributed by atoms with van der Waals surface area (Å²) in [4.78, 5) is 0. The molecule has 0 saturated heterocycles. The van der Waals surface area contributed by atoms with Gasteiger partial charge in [0.15, 0.2) is 0 Å². The van der Waals surface area contributed by atoms with Crippen molar-refractivity contribution in [2.75, 3.05) is 0 Å². The van der Waals surface area contributed by atoms with Crippen molar-refractivity contribution in [1.29, 1.82) is 0 Å². The molecule has 1 aromatic rings. The molecular weight excluding hydrogens is 261 g/mol. The first-order chi connectivity index (χ1) is 9.88. The lowest BCUT2D eigenvalue weighted by atomic mass is 9.43. The molecule has 0 radical (unpaired) electrons. The Morgan fingerprint density at radius 2 is 1.81 bits per heavy atom. The highest BCUT2D eigenvalue weighted by molar-refractivity contribution is 5.19. The van der Waals surface area contributed by atoms with Crippen LogP contribution in [-0.4, -0.2) is 5.54 Å². The summed E-state index contributed by atoms with van der Waals surface area (Å²) in [5, 5.41) is 3.85. The van der Waals surface area contributed by atoms with Gasteiger partial charge in [0.2, 0.25) is 0 Å². The SMILES string of the molecule is CC12CC3CC(C)(C1)CC(NCc1cccc(F)c1)(C3)C2. The summed E-state index contributed by atoms with van der Waals surface area (Å²) in [6.45, 7) is 5.79. The molecule has 5 rings (SSSR count). The smallest absolute Gasteiger partial charge is 0.123 e. The van der Waals surface area contributed by atoms with Gasteiger partial charge in [-0.2, -0.15) is 0 Å². The normalized spacial score (nSPS) is 44.2. The van der Waals surface area contributed by atoms with Gasteiger partial charge in [-0.1, -0.05) is 26.0 Å². The molecule has 2 atom stereocenters. The molecule has 1 N–H and O–H groups in total. The minimum absolute atomic E-state index is 0.126. The second-order valence-electron chi connectivity index (χ2n) is 8.89. The van der Waals surface area contributed by atoms with Gasteiger partial charge in [-0.15, -0.1) is 0 Å². The average molecular weight is 287 g/mol. The highest BCUT2D eigenvalue weighted by Crippen LogP contribution is 2.66. The molecule has 0 heterocycles. The molecule has 4 bridgehead atoms. The zero-order valence-corrected chi connectivity index (χ0v) is 13.2. The van der Waals surface area contributed by atoms with Crippen LogP contribution < -0.4 is 5.32 Å². The van der Waals surface area contributed by atoms with E-state index in [0.717, 1.165) is 18.0 Å². The fourth-order valence-corrected chi connectivity index (χ4v) is 6.58. The van der Waals surface area contributed by atoms with E-state index in [1.807, 2.05) is 12.1 Å². The number of rotatable bonds is 3. The molecule has 0 amide bonds. The van der Waals surface area contributed by atoms with Gasteiger partial charge in [-0.3, -0.25) is 0 Å². The van der Waals surface area contributed by atoms with Crippen LogP contribution >= 0.6 is 0 Å². The van der Waals surface area contributed by atoms with Crippen LogP contribution in [0.5, 0.6) is 0 Å². The standard InChI is InChI=1S/C19H26FN/c1-17-7-15-8-18(2,11-17)13-19(9-15,12-17)21-10-14-4-3-5-16(20)6-14/h3-6,15,21H,7-13H2,1-2H3. The lowest BCUT2D eigenvalue weighted by Gasteiger charge is -2.65. The molecule has 0 aliphatic heterocycles. The van der Waals surface area contributed by atoms with Gasteiger partial charge in [0.1, 0.15) is 5.82 Å². The number of hydrogen-bond acceptors (Lipinski definition) is 1. The minimum atomic E-state index is -0.126. The lowest BCUT2D eigenvalue weighted by Crippen LogP contribution is -2.63. The molecule has 114 valence electrons. The topological polar surface area (TPSA) is 12.0 Å². The van der Waals surface area contributed by atoms with Crippen molar-refractivity contribution in [2.24, 2.45) is 16.7 Å². The molecule has 4 fully saturated rings. The van der Waals surface area contributed by atoms with E-state index >= 15 is 0 Å². The van der Waals surface area contributed by atoms with Crippen LogP contribution in [0.4, 0.5) is 4.39 Å². The van der Waals surface area contributed by atoms with Crippen molar-refractivity contribution in [3.8, 4) is 0 Å². The Hall–Kier alpha value is -0.890. The van der Waals surface area contributed by atoms with E-state index in [0.29, 0.717) is 16.4 Å². The number of benzene rings is 1. The first kappa shape index (κ1) is 13.8. The van der Waals surface area contributed by atoms with Gasteiger partial charge in [0.05, 0.1) is 0 Å². The fourth-order valence-electron chi connectivity index (χ4n) is 6.58. The summed E-state index contributed by atoms with van der Waals surface area (Å²) >= 11 is 0. The third-order valence-electron chi connectivity index (χ3n) is 6.18. The third-order valence-corrected chi connectivity index (χ3v) is 6.18. The summed E-state index contributed by atoms with van der Waals surface area (Å²) < 4.78 is 13.3. The summed E-state index contributed by atoms with van der Waals surface area (Å²) in [5.41, 5.74) is 2.43. The molecular formula is C19H26FN. The van der Waals surface area contributed by atoms with Crippen LogP contribution in [-0.2, 0) is 6.54 Å². The second-order valence-corrected chi connectivity index (χ2v) is 8.89. The van der Waals surface area contributed by atoms with Crippen molar-refractivity contribution in [3.05, 3.63) is 35.6 Å². The van der Waals surface area contributed by atoms with Crippen LogP contribution in [0, 0.1) is 22.6 Å². The molecule has 2 heteroatoms. The van der Waals surface area contributed by atoms with E-state index in [2.05, 4.69) is 19.2 Å². The van der Waals surface area contributed by atoms with Crippen LogP contribution in [0.25, 0.3) is 0 Å². The highest BCUT2D eigenvalue weighted by atomic mass is 19.1. The van der Waals surface area contributed by atoms with Crippen molar-refractivity contribution >= 4 is 0 Å². The Kier molecular flexibility index (Phi) is 2.83. The molecule has 4 aliphatic carbocycles. The maximum atomic E-state index is 13.3. The van der Waals surface area contributed by atoms with Gasteiger partial charge >= 0.3 is 0 Å². The van der Waals surface area contributed by atoms with Gasteiger partial charge in [-0.05, 0) is 73.0 Å². The average Bonchev–Trinajstić information content (AvgIpc) is 2.32. The molecule has 21 heavy (non-hydrogen) atoms. The molecule has 0 spiro atoms. The molecule has 1 aromatic carbocycles. The van der Waals surface area contributed by atoms with E-state index < -0.39 is 0 Å². The first-order valence-corrected chi connectivity index (χ1v) is 8.37. The van der Waals surface area contributed by atoms with Crippen LogP contribution in [0.15, 0.2) is 24.3 Å². The Morgan fingerprint density at radius 1 is 1.10 bits per heavy atom. The maximum Gasteiger partial charge on any atom is 0.123 e. The quantitative estimate of drug-likeness (QED) is 0.852. The Bertz CT molecular complexity index is 548. The van der Waals surface area contributed by atoms with Crippen LogP contribution in [0.3, 0.4) is 0 Å². The maximum absolute atomic E-state index is 13.3. The number of nitrogens with one attached hydrogen (secondary N) is 1. The van der Waals surface area contributed by atoms with Gasteiger partial charge in [0.25, 0.3) is 0 Å². The molecule has 1 nitrogen and oxygen atoms in total. The largest absolute Gasteiger partial charge is 0.307 e. The van der Waals surface area contributed by atoms with Gasteiger partial charge < -0.3 is 5.32 Å². The second kappa shape index (κ2) is 4.32. The summed E-state index contributed by atoms with van der Waals surface area (Å²) in [6.07, 6.45) is 8.19. The van der Waals surface area contributed by atoms with E-state index in [-0.39, 0.29) is 5.82 Å². The predicted molar refractivity (Wildman–Crippen MR) is 83.4 cm³/mol. The summed E-state index contributed by atoms with van der Waals surface area (Å²) in [5.74, 6) is 0.773. The third kappa shape index (κ3) is 2.42. The van der Waals surface area contributed by atoms with Crippen LogP contribution in [0.2, 0.25) is 0 Å². The van der Waals surface area contributed by atoms with Crippen molar-refractivity contribution in [1.82, 2.24) is 5.32 Å². The van der Waals surface area contributed by atoms with Crippen molar-refractivity contribution in [3.63, 3.8) is 0 Å². The summed E-state index contributed by atoms with van der Waals surface area (Å²) in [6, 6.07) is 7.03. The Morgan fingerprint density at radius 3 is 2.43 bits per heavy atom. The van der Waals surface area contributed by atoms with Crippen LogP contribution in [0.1, 0.15) is 57.9 Å². The van der Waals surface area contributed by atoms with E-state index in [1.165, 1.54) is 44.6 Å². The first-order valence-electron chi connectivity index (χ1n) is 8.37. The molecule has 4 aliphatic rings. The van der Waals surface area contributed by atoms with E-state index in [9.17, 15) is 4.39 Å². The molecule has 0 aromatic heterocycles. The predicted octanol–water partition coefficient (Wildman–Crippen LogP) is 4.66. The zero-order chi connectivity index (χ0) is 14.7.